The van der Waals surface area contributed by atoms with Gasteiger partial charge in [-0.05, 0) is 30.3 Å². The van der Waals surface area contributed by atoms with E-state index in [9.17, 15) is 0 Å². The zero-order chi connectivity index (χ0) is 13.8. The SMILES string of the molecule is Brc1cccc(OCc2cnn(-c3ccccc3)c2)c1. The number of benzene rings is 2. The van der Waals surface area contributed by atoms with E-state index in [-0.39, 0.29) is 0 Å². The number of para-hydroxylation sites is 1. The Morgan fingerprint density at radius 3 is 2.70 bits per heavy atom. The highest BCUT2D eigenvalue weighted by atomic mass is 79.9. The number of rotatable bonds is 4. The monoisotopic (exact) mass is 328 g/mol. The van der Waals surface area contributed by atoms with Crippen LogP contribution < -0.4 is 4.74 Å². The summed E-state index contributed by atoms with van der Waals surface area (Å²) in [6.07, 6.45) is 3.80. The van der Waals surface area contributed by atoms with Gasteiger partial charge < -0.3 is 4.74 Å². The quantitative estimate of drug-likeness (QED) is 0.717. The lowest BCUT2D eigenvalue weighted by atomic mass is 10.3. The van der Waals surface area contributed by atoms with E-state index in [4.69, 9.17) is 4.74 Å². The van der Waals surface area contributed by atoms with Gasteiger partial charge in [0, 0.05) is 16.2 Å². The highest BCUT2D eigenvalue weighted by molar-refractivity contribution is 9.10. The first-order chi connectivity index (χ1) is 9.81. The average molecular weight is 329 g/mol. The fourth-order valence-corrected chi connectivity index (χ4v) is 2.26. The molecule has 3 aromatic rings. The Labute approximate surface area is 125 Å². The number of halogens is 1. The minimum Gasteiger partial charge on any atom is -0.489 e. The Hall–Kier alpha value is -2.07. The molecule has 0 unspecified atom stereocenters. The summed E-state index contributed by atoms with van der Waals surface area (Å²) >= 11 is 3.43. The highest BCUT2D eigenvalue weighted by Gasteiger charge is 2.02. The summed E-state index contributed by atoms with van der Waals surface area (Å²) in [5.74, 6) is 0.840. The van der Waals surface area contributed by atoms with Crippen LogP contribution in [0.3, 0.4) is 0 Å². The molecule has 3 nitrogen and oxygen atoms in total. The molecule has 0 fully saturated rings. The van der Waals surface area contributed by atoms with Crippen LogP contribution in [0, 0.1) is 0 Å². The van der Waals surface area contributed by atoms with Crippen molar-refractivity contribution >= 4 is 15.9 Å². The normalized spacial score (nSPS) is 10.4. The summed E-state index contributed by atoms with van der Waals surface area (Å²) in [5, 5.41) is 4.34. The van der Waals surface area contributed by atoms with E-state index in [0.717, 1.165) is 21.5 Å². The van der Waals surface area contributed by atoms with Gasteiger partial charge in [0.05, 0.1) is 11.9 Å². The molecule has 1 heterocycles. The summed E-state index contributed by atoms with van der Waals surface area (Å²) in [6, 6.07) is 17.8. The number of aromatic nitrogens is 2. The first-order valence-corrected chi connectivity index (χ1v) is 7.08. The first kappa shape index (κ1) is 12.9. The van der Waals surface area contributed by atoms with Gasteiger partial charge in [-0.15, -0.1) is 0 Å². The van der Waals surface area contributed by atoms with Gasteiger partial charge >= 0.3 is 0 Å². The van der Waals surface area contributed by atoms with Crippen molar-refractivity contribution in [3.8, 4) is 11.4 Å². The largest absolute Gasteiger partial charge is 0.489 e. The van der Waals surface area contributed by atoms with E-state index >= 15 is 0 Å². The van der Waals surface area contributed by atoms with Gasteiger partial charge in [-0.25, -0.2) is 4.68 Å². The van der Waals surface area contributed by atoms with E-state index in [0.29, 0.717) is 6.61 Å². The van der Waals surface area contributed by atoms with Gasteiger partial charge in [-0.1, -0.05) is 40.2 Å². The second kappa shape index (κ2) is 5.92. The van der Waals surface area contributed by atoms with E-state index < -0.39 is 0 Å². The third kappa shape index (κ3) is 3.08. The van der Waals surface area contributed by atoms with Gasteiger partial charge in [-0.3, -0.25) is 0 Å². The predicted molar refractivity (Wildman–Crippen MR) is 82.0 cm³/mol. The first-order valence-electron chi connectivity index (χ1n) is 6.28. The van der Waals surface area contributed by atoms with Crippen molar-refractivity contribution < 1.29 is 4.74 Å². The Kier molecular flexibility index (Phi) is 3.83. The molecule has 0 aliphatic carbocycles. The number of nitrogens with zero attached hydrogens (tertiary/aromatic N) is 2. The lowest BCUT2D eigenvalue weighted by Crippen LogP contribution is -1.95. The number of hydrogen-bond acceptors (Lipinski definition) is 2. The molecular weight excluding hydrogens is 316 g/mol. The Morgan fingerprint density at radius 2 is 1.90 bits per heavy atom. The van der Waals surface area contributed by atoms with Crippen molar-refractivity contribution in [2.24, 2.45) is 0 Å². The molecule has 100 valence electrons. The van der Waals surface area contributed by atoms with Crippen LogP contribution in [0.2, 0.25) is 0 Å². The lowest BCUT2D eigenvalue weighted by molar-refractivity contribution is 0.306. The molecule has 2 aromatic carbocycles. The Balaban J connectivity index is 1.69. The van der Waals surface area contributed by atoms with Crippen molar-refractivity contribution in [1.29, 1.82) is 0 Å². The molecule has 0 bridgehead atoms. The molecule has 0 spiro atoms. The zero-order valence-corrected chi connectivity index (χ0v) is 12.3. The van der Waals surface area contributed by atoms with Gasteiger partial charge in [-0.2, -0.15) is 5.10 Å². The van der Waals surface area contributed by atoms with Gasteiger partial charge in [0.25, 0.3) is 0 Å². The molecule has 0 amide bonds. The molecule has 20 heavy (non-hydrogen) atoms. The maximum atomic E-state index is 5.74. The fourth-order valence-electron chi connectivity index (χ4n) is 1.88. The minimum absolute atomic E-state index is 0.503. The van der Waals surface area contributed by atoms with E-state index in [2.05, 4.69) is 21.0 Å². The Morgan fingerprint density at radius 1 is 1.05 bits per heavy atom. The van der Waals surface area contributed by atoms with Crippen LogP contribution in [0.4, 0.5) is 0 Å². The Bertz CT molecular complexity index is 694. The lowest BCUT2D eigenvalue weighted by Gasteiger charge is -2.04. The molecule has 0 saturated carbocycles. The molecule has 0 atom stereocenters. The van der Waals surface area contributed by atoms with Crippen LogP contribution in [0.25, 0.3) is 5.69 Å². The maximum Gasteiger partial charge on any atom is 0.120 e. The maximum absolute atomic E-state index is 5.74. The van der Waals surface area contributed by atoms with Gasteiger partial charge in [0.2, 0.25) is 0 Å². The molecular formula is C16H13BrN2O. The summed E-state index contributed by atoms with van der Waals surface area (Å²) in [4.78, 5) is 0. The molecule has 3 rings (SSSR count). The average Bonchev–Trinajstić information content (AvgIpc) is 2.95. The third-order valence-corrected chi connectivity index (χ3v) is 3.35. The third-order valence-electron chi connectivity index (χ3n) is 2.86. The highest BCUT2D eigenvalue weighted by Crippen LogP contribution is 2.19. The van der Waals surface area contributed by atoms with E-state index in [1.165, 1.54) is 0 Å². The van der Waals surface area contributed by atoms with Crippen LogP contribution in [-0.2, 0) is 6.61 Å². The second-order valence-corrected chi connectivity index (χ2v) is 5.29. The van der Waals surface area contributed by atoms with Crippen molar-refractivity contribution in [3.05, 3.63) is 77.0 Å². The second-order valence-electron chi connectivity index (χ2n) is 4.37. The van der Waals surface area contributed by atoms with E-state index in [1.54, 1.807) is 0 Å². The predicted octanol–water partition coefficient (Wildman–Crippen LogP) is 4.21. The fraction of sp³-hybridized carbons (Fsp3) is 0.0625. The van der Waals surface area contributed by atoms with Crippen molar-refractivity contribution in [2.75, 3.05) is 0 Å². The van der Waals surface area contributed by atoms with Crippen molar-refractivity contribution in [1.82, 2.24) is 9.78 Å². The molecule has 0 N–H and O–H groups in total. The standard InChI is InChI=1S/C16H13BrN2O/c17-14-5-4-8-16(9-14)20-12-13-10-18-19(11-13)15-6-2-1-3-7-15/h1-11H,12H2. The summed E-state index contributed by atoms with van der Waals surface area (Å²) in [5.41, 5.74) is 2.08. The number of ether oxygens (including phenoxy) is 1. The summed E-state index contributed by atoms with van der Waals surface area (Å²) in [7, 11) is 0. The van der Waals surface area contributed by atoms with Gasteiger partial charge in [0.1, 0.15) is 12.4 Å². The zero-order valence-electron chi connectivity index (χ0n) is 10.7. The number of hydrogen-bond donors (Lipinski definition) is 0. The van der Waals surface area contributed by atoms with Crippen LogP contribution >= 0.6 is 15.9 Å². The van der Waals surface area contributed by atoms with E-state index in [1.807, 2.05) is 71.7 Å². The van der Waals surface area contributed by atoms with Crippen LogP contribution in [0.5, 0.6) is 5.75 Å². The summed E-state index contributed by atoms with van der Waals surface area (Å²) < 4.78 is 8.59. The smallest absolute Gasteiger partial charge is 0.120 e. The molecule has 0 radical (unpaired) electrons. The molecule has 0 aliphatic heterocycles. The molecule has 4 heteroatoms. The van der Waals surface area contributed by atoms with Crippen LogP contribution in [-0.4, -0.2) is 9.78 Å². The minimum atomic E-state index is 0.503. The van der Waals surface area contributed by atoms with Gasteiger partial charge in [0.15, 0.2) is 0 Å². The topological polar surface area (TPSA) is 27.1 Å². The molecule has 1 aromatic heterocycles. The van der Waals surface area contributed by atoms with Crippen LogP contribution in [0.1, 0.15) is 5.56 Å². The molecule has 0 aliphatic rings. The van der Waals surface area contributed by atoms with Crippen molar-refractivity contribution in [2.45, 2.75) is 6.61 Å². The van der Waals surface area contributed by atoms with Crippen LogP contribution in [0.15, 0.2) is 71.5 Å². The molecule has 0 saturated heterocycles. The summed E-state index contributed by atoms with van der Waals surface area (Å²) in [6.45, 7) is 0.503. The van der Waals surface area contributed by atoms with Crippen molar-refractivity contribution in [3.63, 3.8) is 0 Å².